The summed E-state index contributed by atoms with van der Waals surface area (Å²) in [4.78, 5) is 10.5. The third kappa shape index (κ3) is 1.41. The van der Waals surface area contributed by atoms with Crippen LogP contribution in [-0.2, 0) is 4.79 Å². The van der Waals surface area contributed by atoms with E-state index in [1.54, 1.807) is 6.92 Å². The van der Waals surface area contributed by atoms with Crippen LogP contribution in [-0.4, -0.2) is 11.1 Å². The predicted molar refractivity (Wildman–Crippen MR) is 31.1 cm³/mol. The predicted octanol–water partition coefficient (Wildman–Crippen LogP) is -1.38. The first-order valence-corrected chi connectivity index (χ1v) is 2.49. The lowest BCUT2D eigenvalue weighted by Crippen LogP contribution is -2.56. The van der Waals surface area contributed by atoms with Gasteiger partial charge in [0.1, 0.15) is 0 Å². The molecule has 1 aliphatic heterocycles. The molecule has 0 aromatic carbocycles. The van der Waals surface area contributed by atoms with Crippen LogP contribution in [0.15, 0.2) is 11.8 Å². The summed E-state index contributed by atoms with van der Waals surface area (Å²) in [6.45, 7) is 1.75. The van der Waals surface area contributed by atoms with E-state index in [1.807, 2.05) is 0 Å². The molecule has 1 aliphatic rings. The van der Waals surface area contributed by atoms with E-state index in [4.69, 9.17) is 5.84 Å². The second kappa shape index (κ2) is 2.04. The number of rotatable bonds is 0. The molecule has 1 rings (SSSR count). The van der Waals surface area contributed by atoms with Gasteiger partial charge in [-0.2, -0.15) is 0 Å². The van der Waals surface area contributed by atoms with Crippen LogP contribution in [0.3, 0.4) is 0 Å². The SMILES string of the molecule is CC1=CC(=O)NN(N)N1. The first kappa shape index (κ1) is 6.06. The highest BCUT2D eigenvalue weighted by Crippen LogP contribution is 1.90. The maximum Gasteiger partial charge on any atom is 0.262 e. The third-order valence-electron chi connectivity index (χ3n) is 0.875. The molecule has 0 unspecified atom stereocenters. The topological polar surface area (TPSA) is 70.4 Å². The molecule has 0 aromatic rings. The van der Waals surface area contributed by atoms with Gasteiger partial charge in [0.2, 0.25) is 0 Å². The van der Waals surface area contributed by atoms with Gasteiger partial charge < -0.3 is 0 Å². The van der Waals surface area contributed by atoms with Gasteiger partial charge in [0.15, 0.2) is 0 Å². The van der Waals surface area contributed by atoms with Gasteiger partial charge >= 0.3 is 0 Å². The summed E-state index contributed by atoms with van der Waals surface area (Å²) in [6.07, 6.45) is 1.42. The Morgan fingerprint density at radius 1 is 1.67 bits per heavy atom. The van der Waals surface area contributed by atoms with Crippen molar-refractivity contribution in [3.05, 3.63) is 11.8 Å². The van der Waals surface area contributed by atoms with Gasteiger partial charge in [-0.15, -0.1) is 0 Å². The maximum absolute atomic E-state index is 10.5. The average Bonchev–Trinajstić information content (AvgIpc) is 1.59. The van der Waals surface area contributed by atoms with Crippen LogP contribution in [0.2, 0.25) is 0 Å². The Kier molecular flexibility index (Phi) is 1.37. The van der Waals surface area contributed by atoms with Gasteiger partial charge in [-0.3, -0.25) is 15.6 Å². The summed E-state index contributed by atoms with van der Waals surface area (Å²) < 4.78 is 0. The highest BCUT2D eigenvalue weighted by molar-refractivity contribution is 5.88. The minimum absolute atomic E-state index is 0.214. The van der Waals surface area contributed by atoms with Crippen LogP contribution >= 0.6 is 0 Å². The minimum Gasteiger partial charge on any atom is -0.292 e. The Bertz CT molecular complexity index is 164. The fraction of sp³-hybridized carbons (Fsp3) is 0.250. The number of nitrogens with two attached hydrogens (primary N) is 1. The smallest absolute Gasteiger partial charge is 0.262 e. The average molecular weight is 128 g/mol. The minimum atomic E-state index is -0.214. The number of allylic oxidation sites excluding steroid dienone is 1. The van der Waals surface area contributed by atoms with E-state index in [1.165, 1.54) is 6.08 Å². The van der Waals surface area contributed by atoms with Crippen molar-refractivity contribution in [3.63, 3.8) is 0 Å². The van der Waals surface area contributed by atoms with E-state index in [0.717, 1.165) is 10.9 Å². The number of nitrogens with zero attached hydrogens (tertiary/aromatic N) is 1. The van der Waals surface area contributed by atoms with Gasteiger partial charge in [-0.1, -0.05) is 5.23 Å². The normalized spacial score (nSPS) is 20.2. The van der Waals surface area contributed by atoms with Gasteiger partial charge in [0.05, 0.1) is 0 Å². The van der Waals surface area contributed by atoms with Crippen molar-refractivity contribution in [2.45, 2.75) is 6.92 Å². The highest BCUT2D eigenvalue weighted by atomic mass is 16.2. The van der Waals surface area contributed by atoms with Gasteiger partial charge in [-0.05, 0) is 6.92 Å². The Balaban J connectivity index is 2.67. The summed E-state index contributed by atoms with van der Waals surface area (Å²) in [5, 5.41) is 1.01. The molecule has 0 radical (unpaired) electrons. The van der Waals surface area contributed by atoms with Crippen LogP contribution in [0.4, 0.5) is 0 Å². The summed E-state index contributed by atoms with van der Waals surface area (Å²) in [7, 11) is 0. The summed E-state index contributed by atoms with van der Waals surface area (Å²) in [6, 6.07) is 0. The monoisotopic (exact) mass is 128 g/mol. The number of hydrogen-bond acceptors (Lipinski definition) is 4. The maximum atomic E-state index is 10.5. The molecule has 5 heteroatoms. The standard InChI is InChI=1S/C4H8N4O/c1-3-2-4(9)7-8(5)6-3/h2,6H,5H2,1H3,(H,7,9). The molecule has 0 saturated heterocycles. The molecule has 0 bridgehead atoms. The second-order valence-electron chi connectivity index (χ2n) is 1.79. The van der Waals surface area contributed by atoms with E-state index in [9.17, 15) is 4.79 Å². The molecule has 50 valence electrons. The number of hydrogen-bond donors (Lipinski definition) is 3. The lowest BCUT2D eigenvalue weighted by Gasteiger charge is -2.22. The fourth-order valence-corrected chi connectivity index (χ4v) is 0.598. The van der Waals surface area contributed by atoms with Crippen LogP contribution in [0.1, 0.15) is 6.92 Å². The van der Waals surface area contributed by atoms with E-state index < -0.39 is 0 Å². The molecule has 5 nitrogen and oxygen atoms in total. The van der Waals surface area contributed by atoms with Crippen molar-refractivity contribution >= 4 is 5.91 Å². The van der Waals surface area contributed by atoms with E-state index in [0.29, 0.717) is 0 Å². The lowest BCUT2D eigenvalue weighted by atomic mass is 10.4. The molecule has 0 spiro atoms. The third-order valence-corrected chi connectivity index (χ3v) is 0.875. The van der Waals surface area contributed by atoms with Crippen LogP contribution in [0, 0.1) is 0 Å². The summed E-state index contributed by atoms with van der Waals surface area (Å²) in [5.41, 5.74) is 5.67. The van der Waals surface area contributed by atoms with Crippen molar-refractivity contribution in [1.29, 1.82) is 0 Å². The lowest BCUT2D eigenvalue weighted by molar-refractivity contribution is -0.123. The van der Waals surface area contributed by atoms with E-state index in [-0.39, 0.29) is 5.91 Å². The zero-order valence-electron chi connectivity index (χ0n) is 5.01. The number of hydrazine groups is 3. The second-order valence-corrected chi connectivity index (χ2v) is 1.79. The molecule has 1 heterocycles. The van der Waals surface area contributed by atoms with Crippen molar-refractivity contribution in [1.82, 2.24) is 16.1 Å². The molecule has 0 aliphatic carbocycles. The van der Waals surface area contributed by atoms with Gasteiger partial charge in [-0.25, -0.2) is 5.84 Å². The van der Waals surface area contributed by atoms with Crippen molar-refractivity contribution in [3.8, 4) is 0 Å². The van der Waals surface area contributed by atoms with Gasteiger partial charge in [0.25, 0.3) is 5.91 Å². The van der Waals surface area contributed by atoms with Crippen LogP contribution in [0.25, 0.3) is 0 Å². The molecule has 0 saturated carbocycles. The van der Waals surface area contributed by atoms with Crippen LogP contribution in [0.5, 0.6) is 0 Å². The number of amides is 1. The largest absolute Gasteiger partial charge is 0.292 e. The zero-order valence-corrected chi connectivity index (χ0v) is 5.01. The van der Waals surface area contributed by atoms with E-state index >= 15 is 0 Å². The number of carbonyl (C=O) groups excluding carboxylic acids is 1. The van der Waals surface area contributed by atoms with Crippen LogP contribution < -0.4 is 16.7 Å². The van der Waals surface area contributed by atoms with Crippen molar-refractivity contribution in [2.75, 3.05) is 0 Å². The highest BCUT2D eigenvalue weighted by Gasteiger charge is 2.08. The summed E-state index contributed by atoms with van der Waals surface area (Å²) >= 11 is 0. The Morgan fingerprint density at radius 3 is 2.78 bits per heavy atom. The Labute approximate surface area is 52.4 Å². The van der Waals surface area contributed by atoms with Crippen molar-refractivity contribution in [2.24, 2.45) is 5.84 Å². The molecule has 4 N–H and O–H groups in total. The molecule has 0 atom stereocenters. The quantitative estimate of drug-likeness (QED) is 0.351. The molecular weight excluding hydrogens is 120 g/mol. The Hall–Kier alpha value is -1.07. The Morgan fingerprint density at radius 2 is 2.33 bits per heavy atom. The fourth-order valence-electron chi connectivity index (χ4n) is 0.598. The molecule has 0 fully saturated rings. The zero-order chi connectivity index (χ0) is 6.85. The first-order valence-electron chi connectivity index (χ1n) is 2.49. The number of nitrogens with one attached hydrogen (secondary N) is 2. The first-order chi connectivity index (χ1) is 4.18. The van der Waals surface area contributed by atoms with Crippen molar-refractivity contribution < 1.29 is 4.79 Å². The molecular formula is C4H8N4O. The molecule has 9 heavy (non-hydrogen) atoms. The number of carbonyl (C=O) groups is 1. The van der Waals surface area contributed by atoms with Gasteiger partial charge in [0, 0.05) is 11.8 Å². The summed E-state index contributed by atoms with van der Waals surface area (Å²) in [5.74, 6) is 4.95. The molecule has 1 amide bonds. The molecule has 0 aromatic heterocycles. The van der Waals surface area contributed by atoms with E-state index in [2.05, 4.69) is 10.9 Å².